The molecule has 0 radical (unpaired) electrons. The predicted molar refractivity (Wildman–Crippen MR) is 56.3 cm³/mol. The van der Waals surface area contributed by atoms with Gasteiger partial charge in [0.25, 0.3) is 0 Å². The summed E-state index contributed by atoms with van der Waals surface area (Å²) in [7, 11) is 2.84. The summed E-state index contributed by atoms with van der Waals surface area (Å²) in [5, 5.41) is 6.09. The van der Waals surface area contributed by atoms with Crippen LogP contribution in [0.5, 0.6) is 10.9 Å². The van der Waals surface area contributed by atoms with E-state index < -0.39 is 0 Å². The number of hydrogen-bond acceptors (Lipinski definition) is 4. The first-order valence-corrected chi connectivity index (χ1v) is 6.19. The third-order valence-corrected chi connectivity index (χ3v) is 3.48. The van der Waals surface area contributed by atoms with Crippen LogP contribution in [0.4, 0.5) is 0 Å². The number of aromatic nitrogens is 1. The molecule has 1 aromatic carbocycles. The van der Waals surface area contributed by atoms with Gasteiger partial charge in [0.1, 0.15) is 5.75 Å². The van der Waals surface area contributed by atoms with E-state index in [-0.39, 0.29) is 12.4 Å². The SMILES string of the molecule is Cc1ccc(Oc2nc(=[NH2+])ss2)cc1.[Cl-]. The average Bonchev–Trinajstić information content (AvgIpc) is 2.56. The van der Waals surface area contributed by atoms with Crippen LogP contribution in [0, 0.1) is 6.92 Å². The number of halogens is 1. The quantitative estimate of drug-likeness (QED) is 0.633. The normalized spacial score (nSPS) is 9.40. The fraction of sp³-hybridized carbons (Fsp3) is 0.111. The van der Waals surface area contributed by atoms with Crippen LogP contribution in [-0.2, 0) is 0 Å². The van der Waals surface area contributed by atoms with Crippen LogP contribution < -0.4 is 27.4 Å². The summed E-state index contributed by atoms with van der Waals surface area (Å²) in [6.07, 6.45) is 0. The van der Waals surface area contributed by atoms with E-state index in [0.717, 1.165) is 5.75 Å². The number of hydrogen-bond donors (Lipinski definition) is 1. The van der Waals surface area contributed by atoms with E-state index in [1.165, 1.54) is 26.2 Å². The van der Waals surface area contributed by atoms with Gasteiger partial charge in [0.15, 0.2) is 0 Å². The fourth-order valence-electron chi connectivity index (χ4n) is 0.953. The van der Waals surface area contributed by atoms with Gasteiger partial charge < -0.3 is 17.1 Å². The van der Waals surface area contributed by atoms with Crippen LogP contribution in [0.1, 0.15) is 5.56 Å². The maximum atomic E-state index is 5.49. The zero-order valence-corrected chi connectivity index (χ0v) is 10.3. The molecule has 0 amide bonds. The molecular formula is C9H9ClN2OS2. The molecule has 2 aromatic rings. The molecule has 0 fully saturated rings. The number of aryl methyl sites for hydroxylation is 1. The van der Waals surface area contributed by atoms with Gasteiger partial charge in [0.05, 0.1) is 0 Å². The number of nitrogens with zero attached hydrogens (tertiary/aromatic N) is 1. The van der Waals surface area contributed by atoms with Crippen molar-refractivity contribution < 1.29 is 22.6 Å². The third-order valence-electron chi connectivity index (χ3n) is 1.63. The van der Waals surface area contributed by atoms with Gasteiger partial charge in [-0.05, 0) is 19.1 Å². The Labute approximate surface area is 101 Å². The van der Waals surface area contributed by atoms with Gasteiger partial charge in [0, 0.05) is 25.7 Å². The Morgan fingerprint density at radius 1 is 1.20 bits per heavy atom. The number of ether oxygens (including phenoxy) is 1. The Morgan fingerprint density at radius 3 is 2.40 bits per heavy atom. The second-order valence-corrected chi connectivity index (χ2v) is 4.90. The maximum absolute atomic E-state index is 5.49. The van der Waals surface area contributed by atoms with Crippen LogP contribution in [0.2, 0.25) is 0 Å². The highest BCUT2D eigenvalue weighted by molar-refractivity contribution is 7.68. The van der Waals surface area contributed by atoms with Crippen LogP contribution in [0.15, 0.2) is 24.3 Å². The van der Waals surface area contributed by atoms with Crippen molar-refractivity contribution in [1.82, 2.24) is 4.98 Å². The van der Waals surface area contributed by atoms with Crippen LogP contribution in [-0.4, -0.2) is 4.98 Å². The summed E-state index contributed by atoms with van der Waals surface area (Å²) >= 11 is 0. The molecule has 0 unspecified atom stereocenters. The molecule has 0 aliphatic heterocycles. The van der Waals surface area contributed by atoms with Gasteiger partial charge in [-0.15, -0.1) is 0 Å². The predicted octanol–water partition coefficient (Wildman–Crippen LogP) is -2.03. The van der Waals surface area contributed by atoms with Crippen molar-refractivity contribution in [1.29, 1.82) is 0 Å². The Bertz CT molecular complexity index is 477. The Morgan fingerprint density at radius 2 is 1.87 bits per heavy atom. The molecule has 0 bridgehead atoms. The summed E-state index contributed by atoms with van der Waals surface area (Å²) in [6.45, 7) is 2.03. The molecule has 1 aromatic heterocycles. The number of nitrogens with two attached hydrogens (primary N) is 1. The topological polar surface area (TPSA) is 47.7 Å². The van der Waals surface area contributed by atoms with E-state index in [1.807, 2.05) is 31.2 Å². The smallest absolute Gasteiger partial charge is 0.405 e. The lowest BCUT2D eigenvalue weighted by molar-refractivity contribution is -0.172. The van der Waals surface area contributed by atoms with Gasteiger partial charge in [-0.3, -0.25) is 5.41 Å². The van der Waals surface area contributed by atoms with Gasteiger partial charge >= 0.3 is 10.00 Å². The molecule has 15 heavy (non-hydrogen) atoms. The first-order chi connectivity index (χ1) is 6.74. The number of rotatable bonds is 2. The molecule has 2 N–H and O–H groups in total. The Kier molecular flexibility index (Phi) is 4.26. The monoisotopic (exact) mass is 260 g/mol. The minimum Gasteiger partial charge on any atom is -1.00 e. The third kappa shape index (κ3) is 3.30. The fourth-order valence-corrected chi connectivity index (χ4v) is 2.35. The van der Waals surface area contributed by atoms with E-state index in [2.05, 4.69) is 4.98 Å². The molecule has 0 atom stereocenters. The van der Waals surface area contributed by atoms with E-state index >= 15 is 0 Å². The first kappa shape index (κ1) is 12.2. The average molecular weight is 261 g/mol. The zero-order chi connectivity index (χ0) is 9.97. The van der Waals surface area contributed by atoms with Crippen molar-refractivity contribution in [2.24, 2.45) is 0 Å². The van der Waals surface area contributed by atoms with Gasteiger partial charge in [-0.25, -0.2) is 0 Å². The van der Waals surface area contributed by atoms with Crippen molar-refractivity contribution in [2.45, 2.75) is 6.92 Å². The van der Waals surface area contributed by atoms with Crippen molar-refractivity contribution in [2.75, 3.05) is 0 Å². The molecule has 3 nitrogen and oxygen atoms in total. The molecule has 1 heterocycles. The minimum absolute atomic E-state index is 0. The van der Waals surface area contributed by atoms with Crippen molar-refractivity contribution in [3.8, 4) is 10.9 Å². The second-order valence-electron chi connectivity index (χ2n) is 2.80. The van der Waals surface area contributed by atoms with Crippen molar-refractivity contribution >= 4 is 20.7 Å². The highest BCUT2D eigenvalue weighted by atomic mass is 35.5. The van der Waals surface area contributed by atoms with Crippen LogP contribution in [0.3, 0.4) is 0 Å². The minimum atomic E-state index is 0. The van der Waals surface area contributed by atoms with Gasteiger partial charge in [-0.1, -0.05) is 17.7 Å². The molecule has 0 spiro atoms. The van der Waals surface area contributed by atoms with Gasteiger partial charge in [-0.2, -0.15) is 0 Å². The molecule has 2 rings (SSSR count). The Balaban J connectivity index is 0.00000112. The summed E-state index contributed by atoms with van der Waals surface area (Å²) in [4.78, 5) is 4.56. The van der Waals surface area contributed by atoms with E-state index in [4.69, 9.17) is 10.1 Å². The summed E-state index contributed by atoms with van der Waals surface area (Å²) in [6, 6.07) is 7.82. The second kappa shape index (κ2) is 5.25. The number of benzene rings is 1. The molecule has 0 saturated heterocycles. The van der Waals surface area contributed by atoms with Crippen LogP contribution >= 0.6 is 20.7 Å². The lowest BCUT2D eigenvalue weighted by Crippen LogP contribution is -3.00. The Hall–Kier alpha value is -0.910. The first-order valence-electron chi connectivity index (χ1n) is 4.04. The van der Waals surface area contributed by atoms with Gasteiger partial charge in [0.2, 0.25) is 0 Å². The van der Waals surface area contributed by atoms with E-state index in [0.29, 0.717) is 10.00 Å². The van der Waals surface area contributed by atoms with Crippen LogP contribution in [0.25, 0.3) is 0 Å². The summed E-state index contributed by atoms with van der Waals surface area (Å²) < 4.78 is 5.49. The maximum Gasteiger partial charge on any atom is 0.405 e. The molecule has 0 saturated carbocycles. The highest BCUT2D eigenvalue weighted by Crippen LogP contribution is 2.23. The van der Waals surface area contributed by atoms with E-state index in [1.54, 1.807) is 0 Å². The molecule has 6 heteroatoms. The molecule has 0 aliphatic rings. The molecular weight excluding hydrogens is 252 g/mol. The summed E-state index contributed by atoms with van der Waals surface area (Å²) in [5.41, 5.74) is 1.21. The van der Waals surface area contributed by atoms with Crippen molar-refractivity contribution in [3.63, 3.8) is 0 Å². The lowest BCUT2D eigenvalue weighted by Gasteiger charge is -1.97. The molecule has 80 valence electrons. The standard InChI is InChI=1S/C9H8N2OS2.ClH/c1-6-2-4-7(5-3-6)12-9-11-8(10)13-14-9;/h2-5,10H,1H3;1H. The van der Waals surface area contributed by atoms with Crippen molar-refractivity contribution in [3.05, 3.63) is 34.6 Å². The lowest BCUT2D eigenvalue weighted by atomic mass is 10.2. The highest BCUT2D eigenvalue weighted by Gasteiger charge is 2.07. The zero-order valence-electron chi connectivity index (χ0n) is 7.94. The summed E-state index contributed by atoms with van der Waals surface area (Å²) in [5.74, 6) is 0.789. The van der Waals surface area contributed by atoms with E-state index in [9.17, 15) is 0 Å². The largest absolute Gasteiger partial charge is 1.00 e. The molecule has 0 aliphatic carbocycles.